The van der Waals surface area contributed by atoms with Crippen LogP contribution in [-0.2, 0) is 9.84 Å². The number of hydrogen-bond donors (Lipinski definition) is 0. The van der Waals surface area contributed by atoms with Crippen LogP contribution in [0.25, 0.3) is 16.2 Å². The number of hydrogen-bond acceptors (Lipinski definition) is 6. The van der Waals surface area contributed by atoms with Crippen molar-refractivity contribution < 1.29 is 8.42 Å². The second-order valence-electron chi connectivity index (χ2n) is 7.59. The van der Waals surface area contributed by atoms with Crippen molar-refractivity contribution in [3.63, 3.8) is 0 Å². The zero-order chi connectivity index (χ0) is 18.5. The van der Waals surface area contributed by atoms with E-state index >= 15 is 0 Å². The molecular formula is C19H22N4O2S2. The summed E-state index contributed by atoms with van der Waals surface area (Å²) in [5, 5.41) is 5.58. The normalized spacial score (nSPS) is 21.7. The molecule has 0 atom stereocenters. The van der Waals surface area contributed by atoms with Crippen molar-refractivity contribution in [3.8, 4) is 11.3 Å². The summed E-state index contributed by atoms with van der Waals surface area (Å²) in [5.74, 6) is 0.226. The SMILES string of the molecule is O=S1(=O)CCN(c2nn3cc(-c4ccccc4)nc3s2)CC12CCCCC2. The molecule has 1 spiro atoms. The minimum Gasteiger partial charge on any atom is -0.344 e. The van der Waals surface area contributed by atoms with Crippen molar-refractivity contribution in [1.29, 1.82) is 0 Å². The fourth-order valence-electron chi connectivity index (χ4n) is 4.37. The molecule has 1 saturated heterocycles. The first-order chi connectivity index (χ1) is 13.1. The zero-order valence-corrected chi connectivity index (χ0v) is 16.7. The van der Waals surface area contributed by atoms with Crippen LogP contribution in [-0.4, -0.2) is 46.6 Å². The second kappa shape index (κ2) is 6.31. The summed E-state index contributed by atoms with van der Waals surface area (Å²) in [6, 6.07) is 10.1. The first-order valence-electron chi connectivity index (χ1n) is 9.45. The highest BCUT2D eigenvalue weighted by Gasteiger charge is 2.48. The Morgan fingerprint density at radius 3 is 2.59 bits per heavy atom. The average molecular weight is 403 g/mol. The third-order valence-electron chi connectivity index (χ3n) is 5.91. The predicted octanol–water partition coefficient (Wildman–Crippen LogP) is 3.40. The average Bonchev–Trinajstić information content (AvgIpc) is 3.25. The summed E-state index contributed by atoms with van der Waals surface area (Å²) < 4.78 is 26.8. The van der Waals surface area contributed by atoms with E-state index in [4.69, 9.17) is 10.1 Å². The van der Waals surface area contributed by atoms with Crippen LogP contribution in [0.3, 0.4) is 0 Å². The van der Waals surface area contributed by atoms with Gasteiger partial charge in [-0.2, -0.15) is 0 Å². The Morgan fingerprint density at radius 2 is 1.85 bits per heavy atom. The lowest BCUT2D eigenvalue weighted by atomic mass is 9.87. The molecule has 0 bridgehead atoms. The fourth-order valence-corrected chi connectivity index (χ4v) is 7.43. The largest absolute Gasteiger partial charge is 0.344 e. The van der Waals surface area contributed by atoms with Gasteiger partial charge >= 0.3 is 0 Å². The Kier molecular flexibility index (Phi) is 4.01. The molecule has 2 aromatic heterocycles. The number of nitrogens with zero attached hydrogens (tertiary/aromatic N) is 4. The van der Waals surface area contributed by atoms with Crippen LogP contribution in [0.5, 0.6) is 0 Å². The number of anilines is 1. The molecule has 27 heavy (non-hydrogen) atoms. The van der Waals surface area contributed by atoms with Gasteiger partial charge in [-0.25, -0.2) is 17.9 Å². The molecule has 6 nitrogen and oxygen atoms in total. The van der Waals surface area contributed by atoms with Crippen LogP contribution in [0.2, 0.25) is 0 Å². The van der Waals surface area contributed by atoms with Gasteiger partial charge in [0, 0.05) is 18.7 Å². The molecule has 0 amide bonds. The third kappa shape index (κ3) is 2.86. The molecule has 2 fully saturated rings. The molecule has 0 N–H and O–H groups in total. The zero-order valence-electron chi connectivity index (χ0n) is 15.0. The quantitative estimate of drug-likeness (QED) is 0.657. The predicted molar refractivity (Wildman–Crippen MR) is 108 cm³/mol. The van der Waals surface area contributed by atoms with E-state index in [0.717, 1.165) is 53.5 Å². The first-order valence-corrected chi connectivity index (χ1v) is 11.9. The Hall–Kier alpha value is -1.93. The number of imidazole rings is 1. The Balaban J connectivity index is 1.44. The van der Waals surface area contributed by atoms with Gasteiger partial charge in [0.25, 0.3) is 0 Å². The van der Waals surface area contributed by atoms with E-state index in [-0.39, 0.29) is 5.75 Å². The van der Waals surface area contributed by atoms with E-state index in [1.807, 2.05) is 41.0 Å². The number of rotatable bonds is 2. The van der Waals surface area contributed by atoms with E-state index in [9.17, 15) is 8.42 Å². The maximum Gasteiger partial charge on any atom is 0.214 e. The van der Waals surface area contributed by atoms with E-state index in [2.05, 4.69) is 4.90 Å². The summed E-state index contributed by atoms with van der Waals surface area (Å²) >= 11 is 1.54. The number of benzene rings is 1. The second-order valence-corrected chi connectivity index (χ2v) is 11.0. The van der Waals surface area contributed by atoms with Gasteiger partial charge in [-0.1, -0.05) is 60.9 Å². The molecule has 1 aliphatic carbocycles. The van der Waals surface area contributed by atoms with Crippen molar-refractivity contribution in [1.82, 2.24) is 14.6 Å². The number of fused-ring (bicyclic) bond motifs is 1. The summed E-state index contributed by atoms with van der Waals surface area (Å²) in [5.41, 5.74) is 1.98. The number of aromatic nitrogens is 3. The lowest BCUT2D eigenvalue weighted by molar-refractivity contribution is 0.363. The highest BCUT2D eigenvalue weighted by atomic mass is 32.2. The minimum atomic E-state index is -3.03. The van der Waals surface area contributed by atoms with E-state index in [1.165, 1.54) is 11.3 Å². The van der Waals surface area contributed by atoms with Gasteiger partial charge in [-0.3, -0.25) is 0 Å². The Bertz CT molecular complexity index is 1030. The van der Waals surface area contributed by atoms with Gasteiger partial charge < -0.3 is 4.90 Å². The number of sulfone groups is 1. The van der Waals surface area contributed by atoms with Gasteiger partial charge in [-0.05, 0) is 12.8 Å². The van der Waals surface area contributed by atoms with Gasteiger partial charge in [0.05, 0.1) is 22.4 Å². The maximum absolute atomic E-state index is 12.8. The molecule has 3 heterocycles. The highest BCUT2D eigenvalue weighted by Crippen LogP contribution is 2.40. The lowest BCUT2D eigenvalue weighted by Gasteiger charge is -2.44. The van der Waals surface area contributed by atoms with Crippen LogP contribution >= 0.6 is 11.3 Å². The van der Waals surface area contributed by atoms with Crippen LogP contribution in [0.1, 0.15) is 32.1 Å². The van der Waals surface area contributed by atoms with Crippen molar-refractivity contribution in [3.05, 3.63) is 36.5 Å². The third-order valence-corrected chi connectivity index (χ3v) is 9.47. The molecule has 1 saturated carbocycles. The smallest absolute Gasteiger partial charge is 0.214 e. The molecule has 3 aromatic rings. The van der Waals surface area contributed by atoms with E-state index < -0.39 is 14.6 Å². The van der Waals surface area contributed by atoms with Crippen LogP contribution in [0, 0.1) is 0 Å². The molecule has 5 rings (SSSR count). The van der Waals surface area contributed by atoms with Crippen LogP contribution < -0.4 is 4.90 Å². The summed E-state index contributed by atoms with van der Waals surface area (Å²) in [6.07, 6.45) is 6.68. The topological polar surface area (TPSA) is 67.6 Å². The summed E-state index contributed by atoms with van der Waals surface area (Å²) in [6.45, 7) is 1.09. The highest BCUT2D eigenvalue weighted by molar-refractivity contribution is 7.92. The van der Waals surface area contributed by atoms with Crippen LogP contribution in [0.4, 0.5) is 5.13 Å². The van der Waals surface area contributed by atoms with Gasteiger partial charge in [0.2, 0.25) is 10.1 Å². The molecule has 0 radical (unpaired) electrons. The monoisotopic (exact) mass is 402 g/mol. The fraction of sp³-hybridized carbons (Fsp3) is 0.474. The minimum absolute atomic E-state index is 0.226. The molecule has 1 aliphatic heterocycles. The molecule has 142 valence electrons. The van der Waals surface area contributed by atoms with E-state index in [1.54, 1.807) is 0 Å². The molecule has 1 aromatic carbocycles. The van der Waals surface area contributed by atoms with Crippen molar-refractivity contribution in [2.45, 2.75) is 36.9 Å². The van der Waals surface area contributed by atoms with Crippen molar-refractivity contribution in [2.24, 2.45) is 0 Å². The summed E-state index contributed by atoms with van der Waals surface area (Å²) in [4.78, 5) is 7.71. The molecule has 0 unspecified atom stereocenters. The first kappa shape index (κ1) is 17.2. The Morgan fingerprint density at radius 1 is 1.07 bits per heavy atom. The Labute approximate surface area is 162 Å². The van der Waals surface area contributed by atoms with Crippen LogP contribution in [0.15, 0.2) is 36.5 Å². The maximum atomic E-state index is 12.8. The molecular weight excluding hydrogens is 380 g/mol. The lowest BCUT2D eigenvalue weighted by Crippen LogP contribution is -2.57. The van der Waals surface area contributed by atoms with Crippen molar-refractivity contribution in [2.75, 3.05) is 23.7 Å². The summed E-state index contributed by atoms with van der Waals surface area (Å²) in [7, 11) is -3.03. The van der Waals surface area contributed by atoms with Gasteiger partial charge in [-0.15, -0.1) is 5.10 Å². The van der Waals surface area contributed by atoms with E-state index in [0.29, 0.717) is 13.1 Å². The van der Waals surface area contributed by atoms with Gasteiger partial charge in [0.1, 0.15) is 0 Å². The van der Waals surface area contributed by atoms with Crippen molar-refractivity contribution >= 4 is 31.3 Å². The standard InChI is InChI=1S/C19H22N4O2S2/c24-27(25)12-11-22(14-19(27)9-5-2-6-10-19)18-21-23-13-16(20-17(23)26-18)15-7-3-1-4-8-15/h1,3-4,7-8,13H,2,5-6,9-12,14H2. The molecule has 8 heteroatoms. The molecule has 2 aliphatic rings. The van der Waals surface area contributed by atoms with Gasteiger partial charge in [0.15, 0.2) is 9.84 Å².